The maximum atomic E-state index is 12.3. The van der Waals surface area contributed by atoms with Crippen molar-refractivity contribution in [2.75, 3.05) is 0 Å². The van der Waals surface area contributed by atoms with Crippen molar-refractivity contribution < 1.29 is 9.59 Å². The van der Waals surface area contributed by atoms with Crippen molar-refractivity contribution in [1.82, 2.24) is 35.6 Å². The first-order valence-electron chi connectivity index (χ1n) is 7.33. The number of hydrogen-bond acceptors (Lipinski definition) is 6. The van der Waals surface area contributed by atoms with Gasteiger partial charge in [0.15, 0.2) is 11.4 Å². The van der Waals surface area contributed by atoms with Crippen LogP contribution in [0.1, 0.15) is 40.5 Å². The van der Waals surface area contributed by atoms with Gasteiger partial charge in [-0.15, -0.1) is 5.10 Å². The maximum Gasteiger partial charge on any atom is 0.274 e. The van der Waals surface area contributed by atoms with E-state index in [2.05, 4.69) is 30.9 Å². The van der Waals surface area contributed by atoms with Crippen LogP contribution in [-0.4, -0.2) is 42.8 Å². The molecular weight excluding hydrogens is 298 g/mol. The van der Waals surface area contributed by atoms with Crippen molar-refractivity contribution in [3.8, 4) is 0 Å². The van der Waals surface area contributed by atoms with Crippen molar-refractivity contribution >= 4 is 11.8 Å². The zero-order valence-corrected chi connectivity index (χ0v) is 12.9. The number of rotatable bonds is 4. The summed E-state index contributed by atoms with van der Waals surface area (Å²) in [6.45, 7) is 4.74. The molecule has 3 heterocycles. The predicted octanol–water partition coefficient (Wildman–Crippen LogP) is -0.234. The number of amides is 2. The summed E-state index contributed by atoms with van der Waals surface area (Å²) in [6, 6.07) is -0.0211. The molecule has 2 aromatic rings. The van der Waals surface area contributed by atoms with E-state index < -0.39 is 5.91 Å². The minimum atomic E-state index is -0.463. The van der Waals surface area contributed by atoms with Gasteiger partial charge in [-0.2, -0.15) is 0 Å². The lowest BCUT2D eigenvalue weighted by Crippen LogP contribution is -2.48. The molecule has 0 fully saturated rings. The Morgan fingerprint density at radius 3 is 3.00 bits per heavy atom. The quantitative estimate of drug-likeness (QED) is 0.805. The minimum Gasteiger partial charge on any atom is -0.346 e. The molecule has 0 bridgehead atoms. The van der Waals surface area contributed by atoms with Crippen LogP contribution in [-0.2, 0) is 13.1 Å². The molecule has 9 heteroatoms. The summed E-state index contributed by atoms with van der Waals surface area (Å²) in [4.78, 5) is 32.5. The summed E-state index contributed by atoms with van der Waals surface area (Å²) in [6.07, 6.45) is 4.65. The van der Waals surface area contributed by atoms with Gasteiger partial charge in [0.25, 0.3) is 11.8 Å². The zero-order chi connectivity index (χ0) is 16.4. The summed E-state index contributed by atoms with van der Waals surface area (Å²) in [5, 5.41) is 13.3. The van der Waals surface area contributed by atoms with E-state index in [1.165, 1.54) is 4.68 Å². The lowest BCUT2D eigenvalue weighted by Gasteiger charge is -2.27. The Kier molecular flexibility index (Phi) is 4.00. The Balaban J connectivity index is 1.75. The van der Waals surface area contributed by atoms with Gasteiger partial charge < -0.3 is 10.6 Å². The van der Waals surface area contributed by atoms with E-state index >= 15 is 0 Å². The Labute approximate surface area is 132 Å². The third-order valence-electron chi connectivity index (χ3n) is 3.70. The van der Waals surface area contributed by atoms with Gasteiger partial charge in [-0.3, -0.25) is 19.6 Å². The molecule has 3 rings (SSSR count). The van der Waals surface area contributed by atoms with E-state index in [1.54, 1.807) is 18.6 Å². The smallest absolute Gasteiger partial charge is 0.274 e. The molecule has 9 nitrogen and oxygen atoms in total. The van der Waals surface area contributed by atoms with E-state index in [-0.39, 0.29) is 35.8 Å². The SMILES string of the molecule is CC(C)[C@H]1Cn2nnc(C(=O)NCc3cnccn3)c2C(=O)N1. The Hall–Kier alpha value is -2.84. The molecule has 0 aromatic carbocycles. The van der Waals surface area contributed by atoms with E-state index in [0.717, 1.165) is 0 Å². The van der Waals surface area contributed by atoms with Crippen LogP contribution in [0, 0.1) is 5.92 Å². The molecule has 0 saturated heterocycles. The fourth-order valence-electron chi connectivity index (χ4n) is 2.34. The molecule has 120 valence electrons. The average Bonchev–Trinajstić information content (AvgIpc) is 2.98. The standard InChI is InChI=1S/C14H17N7O2/c1-8(2)10-7-21-12(14(23)18-10)11(19-20-21)13(22)17-6-9-5-15-3-4-16-9/h3-5,8,10H,6-7H2,1-2H3,(H,17,22)(H,18,23)/t10-/m1/s1. The second kappa shape index (κ2) is 6.11. The summed E-state index contributed by atoms with van der Waals surface area (Å²) in [5.74, 6) is -0.523. The molecule has 2 amide bonds. The normalized spacial score (nSPS) is 16.8. The third kappa shape index (κ3) is 3.03. The average molecular weight is 315 g/mol. The second-order valence-electron chi connectivity index (χ2n) is 5.67. The van der Waals surface area contributed by atoms with Crippen LogP contribution in [0.15, 0.2) is 18.6 Å². The first-order chi connectivity index (χ1) is 11.1. The molecule has 1 aliphatic heterocycles. The molecule has 1 atom stereocenters. The number of carbonyl (C=O) groups is 2. The summed E-state index contributed by atoms with van der Waals surface area (Å²) >= 11 is 0. The molecule has 0 saturated carbocycles. The molecule has 1 aliphatic rings. The first kappa shape index (κ1) is 15.1. The molecular formula is C14H17N7O2. The van der Waals surface area contributed by atoms with Crippen molar-refractivity contribution in [2.24, 2.45) is 5.92 Å². The number of fused-ring (bicyclic) bond motifs is 1. The van der Waals surface area contributed by atoms with E-state index in [9.17, 15) is 9.59 Å². The molecule has 2 aromatic heterocycles. The number of nitrogens with zero attached hydrogens (tertiary/aromatic N) is 5. The fraction of sp³-hybridized carbons (Fsp3) is 0.429. The third-order valence-corrected chi connectivity index (χ3v) is 3.70. The lowest BCUT2D eigenvalue weighted by atomic mass is 10.0. The molecule has 0 radical (unpaired) electrons. The Morgan fingerprint density at radius 2 is 2.30 bits per heavy atom. The largest absolute Gasteiger partial charge is 0.346 e. The predicted molar refractivity (Wildman–Crippen MR) is 79.3 cm³/mol. The van der Waals surface area contributed by atoms with Crippen LogP contribution in [0.4, 0.5) is 0 Å². The summed E-state index contributed by atoms with van der Waals surface area (Å²) < 4.78 is 1.49. The van der Waals surface area contributed by atoms with Gasteiger partial charge in [0, 0.05) is 12.4 Å². The van der Waals surface area contributed by atoms with Crippen LogP contribution >= 0.6 is 0 Å². The van der Waals surface area contributed by atoms with E-state index in [0.29, 0.717) is 12.2 Å². The number of aromatic nitrogens is 5. The van der Waals surface area contributed by atoms with Crippen LogP contribution in [0.5, 0.6) is 0 Å². The lowest BCUT2D eigenvalue weighted by molar-refractivity contribution is 0.0861. The highest BCUT2D eigenvalue weighted by molar-refractivity contribution is 6.05. The van der Waals surface area contributed by atoms with Crippen molar-refractivity contribution in [2.45, 2.75) is 33.0 Å². The van der Waals surface area contributed by atoms with Crippen molar-refractivity contribution in [3.63, 3.8) is 0 Å². The van der Waals surface area contributed by atoms with Crippen LogP contribution in [0.3, 0.4) is 0 Å². The first-order valence-corrected chi connectivity index (χ1v) is 7.33. The van der Waals surface area contributed by atoms with Gasteiger partial charge in [0.1, 0.15) is 0 Å². The van der Waals surface area contributed by atoms with Crippen LogP contribution < -0.4 is 10.6 Å². The monoisotopic (exact) mass is 315 g/mol. The van der Waals surface area contributed by atoms with Crippen LogP contribution in [0.2, 0.25) is 0 Å². The van der Waals surface area contributed by atoms with Gasteiger partial charge in [0.2, 0.25) is 0 Å². The molecule has 0 aliphatic carbocycles. The van der Waals surface area contributed by atoms with Gasteiger partial charge >= 0.3 is 0 Å². The number of nitrogens with one attached hydrogen (secondary N) is 2. The summed E-state index contributed by atoms with van der Waals surface area (Å²) in [7, 11) is 0. The second-order valence-corrected chi connectivity index (χ2v) is 5.67. The molecule has 23 heavy (non-hydrogen) atoms. The van der Waals surface area contributed by atoms with E-state index in [4.69, 9.17) is 0 Å². The van der Waals surface area contributed by atoms with Gasteiger partial charge in [-0.1, -0.05) is 19.1 Å². The highest BCUT2D eigenvalue weighted by Gasteiger charge is 2.32. The Morgan fingerprint density at radius 1 is 1.48 bits per heavy atom. The fourth-order valence-corrected chi connectivity index (χ4v) is 2.34. The minimum absolute atomic E-state index is 0.0211. The molecule has 0 unspecified atom stereocenters. The molecule has 2 N–H and O–H groups in total. The topological polar surface area (TPSA) is 115 Å². The van der Waals surface area contributed by atoms with Crippen molar-refractivity contribution in [1.29, 1.82) is 0 Å². The highest BCUT2D eigenvalue weighted by Crippen LogP contribution is 2.15. The van der Waals surface area contributed by atoms with E-state index in [1.807, 2.05) is 13.8 Å². The van der Waals surface area contributed by atoms with Gasteiger partial charge in [0.05, 0.1) is 31.0 Å². The van der Waals surface area contributed by atoms with Crippen LogP contribution in [0.25, 0.3) is 0 Å². The number of hydrogen-bond donors (Lipinski definition) is 2. The maximum absolute atomic E-state index is 12.3. The Bertz CT molecular complexity index is 726. The van der Waals surface area contributed by atoms with Gasteiger partial charge in [-0.05, 0) is 5.92 Å². The van der Waals surface area contributed by atoms with Crippen molar-refractivity contribution in [3.05, 3.63) is 35.7 Å². The number of carbonyl (C=O) groups excluding carboxylic acids is 2. The zero-order valence-electron chi connectivity index (χ0n) is 12.9. The highest BCUT2D eigenvalue weighted by atomic mass is 16.2. The summed E-state index contributed by atoms with van der Waals surface area (Å²) in [5.41, 5.74) is 0.832. The van der Waals surface area contributed by atoms with Gasteiger partial charge in [-0.25, -0.2) is 4.68 Å². The molecule has 0 spiro atoms.